The minimum absolute atomic E-state index is 0.167. The Morgan fingerprint density at radius 3 is 2.81 bits per heavy atom. The van der Waals surface area contributed by atoms with E-state index in [0.29, 0.717) is 19.6 Å². The first-order valence-electron chi connectivity index (χ1n) is 11.3. The zero-order chi connectivity index (χ0) is 22.3. The number of hydrogen-bond acceptors (Lipinski definition) is 6. The molecule has 0 spiro atoms. The van der Waals surface area contributed by atoms with Gasteiger partial charge in [0.1, 0.15) is 23.1 Å². The van der Waals surface area contributed by atoms with Crippen LogP contribution in [-0.2, 0) is 39.3 Å². The Labute approximate surface area is 189 Å². The van der Waals surface area contributed by atoms with E-state index >= 15 is 0 Å². The smallest absolute Gasteiger partial charge is 0.159 e. The van der Waals surface area contributed by atoms with Crippen molar-refractivity contribution in [3.63, 3.8) is 0 Å². The van der Waals surface area contributed by atoms with Crippen LogP contribution in [0.3, 0.4) is 0 Å². The van der Waals surface area contributed by atoms with E-state index in [4.69, 9.17) is 9.47 Å². The standard InChI is InChI=1S/C24H31N3O4S/c1-26-21-6-4-17(25-18-5-7-23-24(15-18)31-12-11-30-23)14-19(21)20-16-27(10-8-22(20)26)9-3-13-32(2,28)29/h4,6-7,14-15,18,25H,3,5,8-13,16H2,1-2H3. The van der Waals surface area contributed by atoms with Gasteiger partial charge in [0.25, 0.3) is 0 Å². The van der Waals surface area contributed by atoms with E-state index in [1.165, 1.54) is 28.4 Å². The molecule has 1 unspecified atom stereocenters. The summed E-state index contributed by atoms with van der Waals surface area (Å²) in [6, 6.07) is 6.76. The van der Waals surface area contributed by atoms with Gasteiger partial charge in [0.05, 0.1) is 11.8 Å². The molecule has 1 aromatic heterocycles. The Morgan fingerprint density at radius 1 is 1.19 bits per heavy atom. The summed E-state index contributed by atoms with van der Waals surface area (Å²) in [4.78, 5) is 2.38. The van der Waals surface area contributed by atoms with Crippen molar-refractivity contribution in [2.45, 2.75) is 31.8 Å². The summed E-state index contributed by atoms with van der Waals surface area (Å²) < 4.78 is 36.7. The second-order valence-electron chi connectivity index (χ2n) is 9.01. The lowest BCUT2D eigenvalue weighted by molar-refractivity contribution is 0.0567. The van der Waals surface area contributed by atoms with Crippen LogP contribution in [0.5, 0.6) is 0 Å². The molecule has 2 aliphatic heterocycles. The Kier molecular flexibility index (Phi) is 5.67. The summed E-state index contributed by atoms with van der Waals surface area (Å²) in [5.74, 6) is 1.95. The van der Waals surface area contributed by atoms with Crippen molar-refractivity contribution >= 4 is 26.4 Å². The normalized spacial score (nSPS) is 21.1. The first-order valence-corrected chi connectivity index (χ1v) is 13.4. The first-order chi connectivity index (χ1) is 15.4. The third-order valence-corrected chi connectivity index (χ3v) is 7.61. The van der Waals surface area contributed by atoms with Gasteiger partial charge >= 0.3 is 0 Å². The average Bonchev–Trinajstić information content (AvgIpc) is 3.04. The number of nitrogens with zero attached hydrogens (tertiary/aromatic N) is 2. The summed E-state index contributed by atoms with van der Waals surface area (Å²) in [6.45, 7) is 3.86. The number of aromatic nitrogens is 1. The largest absolute Gasteiger partial charge is 0.486 e. The molecule has 7 nitrogen and oxygen atoms in total. The van der Waals surface area contributed by atoms with Gasteiger partial charge < -0.3 is 19.4 Å². The predicted octanol–water partition coefficient (Wildman–Crippen LogP) is 2.97. The molecule has 1 aliphatic carbocycles. The number of hydrogen-bond donors (Lipinski definition) is 1. The Hall–Kier alpha value is -2.45. The number of aryl methyl sites for hydroxylation is 1. The van der Waals surface area contributed by atoms with Crippen LogP contribution in [0.1, 0.15) is 24.1 Å². The Morgan fingerprint density at radius 2 is 2.00 bits per heavy atom. The van der Waals surface area contributed by atoms with Gasteiger partial charge in [-0.25, -0.2) is 8.42 Å². The van der Waals surface area contributed by atoms with Crippen LogP contribution >= 0.6 is 0 Å². The Balaban J connectivity index is 1.34. The molecule has 0 saturated carbocycles. The molecule has 8 heteroatoms. The molecule has 0 bridgehead atoms. The molecule has 1 N–H and O–H groups in total. The molecule has 1 atom stereocenters. The van der Waals surface area contributed by atoms with Crippen LogP contribution in [0.25, 0.3) is 10.9 Å². The molecule has 3 heterocycles. The lowest BCUT2D eigenvalue weighted by Gasteiger charge is -2.28. The molecule has 3 aliphatic rings. The highest BCUT2D eigenvalue weighted by atomic mass is 32.2. The first kappa shape index (κ1) is 21.4. The van der Waals surface area contributed by atoms with Crippen molar-refractivity contribution in [1.29, 1.82) is 0 Å². The maximum absolute atomic E-state index is 11.5. The molecule has 2 aromatic rings. The fraction of sp³-hybridized carbons (Fsp3) is 0.500. The zero-order valence-corrected chi connectivity index (χ0v) is 19.6. The summed E-state index contributed by atoms with van der Waals surface area (Å²) in [6.07, 6.45) is 8.06. The van der Waals surface area contributed by atoms with Crippen molar-refractivity contribution in [3.8, 4) is 0 Å². The maximum atomic E-state index is 11.5. The van der Waals surface area contributed by atoms with E-state index < -0.39 is 9.84 Å². The van der Waals surface area contributed by atoms with Crippen molar-refractivity contribution in [2.24, 2.45) is 7.05 Å². The highest BCUT2D eigenvalue weighted by Crippen LogP contribution is 2.33. The van der Waals surface area contributed by atoms with Crippen molar-refractivity contribution < 1.29 is 17.9 Å². The van der Waals surface area contributed by atoms with Gasteiger partial charge in [-0.3, -0.25) is 4.90 Å². The summed E-state index contributed by atoms with van der Waals surface area (Å²) in [5, 5.41) is 4.91. The monoisotopic (exact) mass is 457 g/mol. The van der Waals surface area contributed by atoms with Gasteiger partial charge in [-0.05, 0) is 55.3 Å². The van der Waals surface area contributed by atoms with Gasteiger partial charge in [0, 0.05) is 55.1 Å². The molecular formula is C24H31N3O4S. The van der Waals surface area contributed by atoms with E-state index in [1.807, 2.05) is 0 Å². The van der Waals surface area contributed by atoms with E-state index in [-0.39, 0.29) is 11.8 Å². The highest BCUT2D eigenvalue weighted by molar-refractivity contribution is 7.90. The van der Waals surface area contributed by atoms with E-state index in [0.717, 1.165) is 49.7 Å². The quantitative estimate of drug-likeness (QED) is 0.719. The van der Waals surface area contributed by atoms with Gasteiger partial charge in [-0.1, -0.05) is 0 Å². The van der Waals surface area contributed by atoms with Crippen molar-refractivity contribution in [3.05, 3.63) is 53.1 Å². The van der Waals surface area contributed by atoms with Gasteiger partial charge in [-0.15, -0.1) is 0 Å². The van der Waals surface area contributed by atoms with Crippen LogP contribution in [-0.4, -0.2) is 62.2 Å². The van der Waals surface area contributed by atoms with Gasteiger partial charge in [0.2, 0.25) is 0 Å². The molecular weight excluding hydrogens is 426 g/mol. The average molecular weight is 458 g/mol. The molecule has 1 aromatic carbocycles. The highest BCUT2D eigenvalue weighted by Gasteiger charge is 2.24. The van der Waals surface area contributed by atoms with E-state index in [1.54, 1.807) is 0 Å². The summed E-state index contributed by atoms with van der Waals surface area (Å²) in [7, 11) is -0.763. The van der Waals surface area contributed by atoms with E-state index in [2.05, 4.69) is 52.2 Å². The van der Waals surface area contributed by atoms with Gasteiger partial charge in [-0.2, -0.15) is 0 Å². The fourth-order valence-electron chi connectivity index (χ4n) is 5.00. The second-order valence-corrected chi connectivity index (χ2v) is 11.3. The number of anilines is 1. The number of sulfone groups is 1. The minimum atomic E-state index is -2.91. The second kappa shape index (κ2) is 8.48. The molecule has 0 radical (unpaired) electrons. The molecule has 32 heavy (non-hydrogen) atoms. The topological polar surface area (TPSA) is 72.8 Å². The number of nitrogens with one attached hydrogen (secondary N) is 1. The summed E-state index contributed by atoms with van der Waals surface area (Å²) in [5.41, 5.74) is 5.09. The van der Waals surface area contributed by atoms with Crippen molar-refractivity contribution in [2.75, 3.05) is 43.6 Å². The third kappa shape index (κ3) is 4.38. The Bertz CT molecular complexity index is 1200. The van der Waals surface area contributed by atoms with Crippen molar-refractivity contribution in [1.82, 2.24) is 9.47 Å². The van der Waals surface area contributed by atoms with Crippen LogP contribution < -0.4 is 5.32 Å². The molecule has 1 fully saturated rings. The SMILES string of the molecule is Cn1c2c(c3cc(NC4C=C5OCCOC5=CC4)ccc31)CN(CCCS(C)(=O)=O)CC2. The number of ether oxygens (including phenoxy) is 2. The molecule has 0 amide bonds. The maximum Gasteiger partial charge on any atom is 0.159 e. The lowest BCUT2D eigenvalue weighted by Crippen LogP contribution is -2.32. The van der Waals surface area contributed by atoms with Crippen LogP contribution in [0.2, 0.25) is 0 Å². The molecule has 1 saturated heterocycles. The van der Waals surface area contributed by atoms with Crippen LogP contribution in [0, 0.1) is 0 Å². The summed E-state index contributed by atoms with van der Waals surface area (Å²) >= 11 is 0. The zero-order valence-electron chi connectivity index (χ0n) is 18.8. The third-order valence-electron chi connectivity index (χ3n) is 6.58. The number of rotatable bonds is 6. The fourth-order valence-corrected chi connectivity index (χ4v) is 5.65. The predicted molar refractivity (Wildman–Crippen MR) is 126 cm³/mol. The minimum Gasteiger partial charge on any atom is -0.486 e. The number of benzene rings is 1. The molecule has 172 valence electrons. The van der Waals surface area contributed by atoms with Gasteiger partial charge in [0.15, 0.2) is 11.5 Å². The van der Waals surface area contributed by atoms with Crippen LogP contribution in [0.15, 0.2) is 41.9 Å². The van der Waals surface area contributed by atoms with E-state index in [9.17, 15) is 8.42 Å². The lowest BCUT2D eigenvalue weighted by atomic mass is 10.0. The number of fused-ring (bicyclic) bond motifs is 4. The van der Waals surface area contributed by atoms with Crippen LogP contribution in [0.4, 0.5) is 5.69 Å². The molecule has 5 rings (SSSR count).